The number of nitrogens with zero attached hydrogens (tertiary/aromatic N) is 2. The molecule has 2 heterocycles. The second-order valence-electron chi connectivity index (χ2n) is 6.25. The third-order valence-corrected chi connectivity index (χ3v) is 4.25. The quantitative estimate of drug-likeness (QED) is 0.824. The van der Waals surface area contributed by atoms with E-state index in [4.69, 9.17) is 16.3 Å². The fourth-order valence-corrected chi connectivity index (χ4v) is 2.85. The fourth-order valence-electron chi connectivity index (χ4n) is 2.72. The van der Waals surface area contributed by atoms with Gasteiger partial charge in [0.25, 0.3) is 11.8 Å². The Bertz CT molecular complexity index is 666. The van der Waals surface area contributed by atoms with E-state index in [9.17, 15) is 14.4 Å². The summed E-state index contributed by atoms with van der Waals surface area (Å²) >= 11 is 5.83. The van der Waals surface area contributed by atoms with Crippen LogP contribution in [0.15, 0.2) is 24.3 Å². The number of hydrogen-bond donors (Lipinski definition) is 0. The minimum Gasteiger partial charge on any atom is -0.478 e. The summed E-state index contributed by atoms with van der Waals surface area (Å²) in [6, 6.07) is 6.41. The van der Waals surface area contributed by atoms with Crippen LogP contribution in [0.3, 0.4) is 0 Å². The Morgan fingerprint density at radius 3 is 2.42 bits per heavy atom. The van der Waals surface area contributed by atoms with Crippen LogP contribution in [0.2, 0.25) is 5.02 Å². The van der Waals surface area contributed by atoms with E-state index in [1.54, 1.807) is 43.0 Å². The first-order valence-electron chi connectivity index (χ1n) is 7.51. The molecule has 3 rings (SSSR count). The predicted molar refractivity (Wildman–Crippen MR) is 84.7 cm³/mol. The maximum absolute atomic E-state index is 12.6. The zero-order valence-electron chi connectivity index (χ0n) is 13.3. The van der Waals surface area contributed by atoms with Crippen molar-refractivity contribution in [2.24, 2.45) is 0 Å². The average molecular weight is 353 g/mol. The van der Waals surface area contributed by atoms with Crippen molar-refractivity contribution in [1.82, 2.24) is 9.80 Å². The summed E-state index contributed by atoms with van der Waals surface area (Å²) in [7, 11) is 0. The van der Waals surface area contributed by atoms with Gasteiger partial charge in [0.1, 0.15) is 5.75 Å². The number of rotatable bonds is 4. The Labute approximate surface area is 144 Å². The second kappa shape index (κ2) is 5.98. The molecule has 2 fully saturated rings. The van der Waals surface area contributed by atoms with Gasteiger partial charge in [0, 0.05) is 18.1 Å². The molecule has 1 aromatic carbocycles. The van der Waals surface area contributed by atoms with Crippen LogP contribution < -0.4 is 4.74 Å². The average Bonchev–Trinajstić information content (AvgIpc) is 2.80. The number of hydrogen-bond acceptors (Lipinski definition) is 5. The van der Waals surface area contributed by atoms with Crippen LogP contribution in [0.5, 0.6) is 5.75 Å². The van der Waals surface area contributed by atoms with Crippen LogP contribution in [0.25, 0.3) is 0 Å². The van der Waals surface area contributed by atoms with E-state index in [2.05, 4.69) is 4.74 Å². The van der Waals surface area contributed by atoms with Gasteiger partial charge in [-0.3, -0.25) is 9.59 Å². The summed E-state index contributed by atoms with van der Waals surface area (Å²) in [4.78, 5) is 38.3. The molecule has 24 heavy (non-hydrogen) atoms. The monoisotopic (exact) mass is 352 g/mol. The van der Waals surface area contributed by atoms with Gasteiger partial charge in [-0.15, -0.1) is 0 Å². The number of ether oxygens (including phenoxy) is 2. The molecule has 8 heteroatoms. The molecule has 0 bridgehead atoms. The van der Waals surface area contributed by atoms with Crippen LogP contribution in [0, 0.1) is 0 Å². The highest BCUT2D eigenvalue weighted by Gasteiger charge is 2.47. The first-order valence-corrected chi connectivity index (χ1v) is 7.88. The molecule has 3 amide bonds. The van der Waals surface area contributed by atoms with E-state index in [-0.39, 0.29) is 37.6 Å². The van der Waals surface area contributed by atoms with Crippen molar-refractivity contribution in [1.29, 1.82) is 0 Å². The van der Waals surface area contributed by atoms with E-state index < -0.39 is 11.7 Å². The molecule has 7 nitrogen and oxygen atoms in total. The van der Waals surface area contributed by atoms with E-state index in [1.807, 2.05) is 0 Å². The maximum atomic E-state index is 12.6. The molecule has 0 unspecified atom stereocenters. The Hall–Kier alpha value is -2.28. The lowest BCUT2D eigenvalue weighted by Crippen LogP contribution is -2.65. The summed E-state index contributed by atoms with van der Waals surface area (Å²) in [6.07, 6.45) is -0.645. The number of imide groups is 1. The third kappa shape index (κ3) is 3.03. The molecule has 0 atom stereocenters. The molecule has 0 N–H and O–H groups in total. The molecule has 0 aromatic heterocycles. The number of cyclic esters (lactones) is 1. The maximum Gasteiger partial charge on any atom is 0.417 e. The molecule has 2 saturated heterocycles. The lowest BCUT2D eigenvalue weighted by molar-refractivity contribution is -0.154. The third-order valence-electron chi connectivity index (χ3n) is 4.00. The van der Waals surface area contributed by atoms with E-state index in [1.165, 1.54) is 0 Å². The fraction of sp³-hybridized carbons (Fsp3) is 0.438. The van der Waals surface area contributed by atoms with Crippen LogP contribution in [-0.2, 0) is 14.3 Å². The van der Waals surface area contributed by atoms with Crippen LogP contribution in [-0.4, -0.2) is 59.0 Å². The van der Waals surface area contributed by atoms with Gasteiger partial charge < -0.3 is 14.4 Å². The van der Waals surface area contributed by atoms with Crippen LogP contribution in [0.4, 0.5) is 4.79 Å². The molecule has 0 spiro atoms. The van der Waals surface area contributed by atoms with Gasteiger partial charge in [0.05, 0.1) is 6.04 Å². The number of amides is 3. The Morgan fingerprint density at radius 1 is 1.25 bits per heavy atom. The lowest BCUT2D eigenvalue weighted by Gasteiger charge is -2.44. The molecule has 2 aliphatic heterocycles. The zero-order valence-corrected chi connectivity index (χ0v) is 14.1. The molecule has 1 aromatic rings. The number of carbonyl (C=O) groups is 3. The molecule has 0 aliphatic carbocycles. The highest BCUT2D eigenvalue weighted by Crippen LogP contribution is 2.26. The van der Waals surface area contributed by atoms with Crippen molar-refractivity contribution in [2.45, 2.75) is 25.5 Å². The number of likely N-dealkylation sites (tertiary alicyclic amines) is 1. The van der Waals surface area contributed by atoms with Crippen molar-refractivity contribution in [3.05, 3.63) is 29.3 Å². The molecule has 128 valence electrons. The summed E-state index contributed by atoms with van der Waals surface area (Å²) in [5, 5.41) is 0.583. The molecule has 0 saturated carbocycles. The Balaban J connectivity index is 1.59. The normalized spacial score (nSPS) is 18.5. The van der Waals surface area contributed by atoms with Crippen molar-refractivity contribution >= 4 is 29.5 Å². The van der Waals surface area contributed by atoms with E-state index in [0.717, 1.165) is 4.90 Å². The van der Waals surface area contributed by atoms with Gasteiger partial charge in [-0.25, -0.2) is 9.69 Å². The minimum atomic E-state index is -1.08. The van der Waals surface area contributed by atoms with Crippen molar-refractivity contribution in [3.8, 4) is 5.75 Å². The summed E-state index contributed by atoms with van der Waals surface area (Å²) in [5.41, 5.74) is -1.08. The smallest absolute Gasteiger partial charge is 0.417 e. The predicted octanol–water partition coefficient (Wildman–Crippen LogP) is 1.69. The van der Waals surface area contributed by atoms with Gasteiger partial charge in [-0.05, 0) is 38.1 Å². The number of benzene rings is 1. The van der Waals surface area contributed by atoms with Gasteiger partial charge in [0.2, 0.25) is 0 Å². The SMILES string of the molecule is CC(C)(Oc1ccc(Cl)cc1)C(=O)N1CC(N2C(=O)COC2=O)C1. The Kier molecular flexibility index (Phi) is 4.13. The van der Waals surface area contributed by atoms with Gasteiger partial charge >= 0.3 is 6.09 Å². The van der Waals surface area contributed by atoms with Crippen molar-refractivity contribution < 1.29 is 23.9 Å². The number of carbonyl (C=O) groups excluding carboxylic acids is 3. The van der Waals surface area contributed by atoms with Gasteiger partial charge in [-0.2, -0.15) is 0 Å². The molecule has 0 radical (unpaired) electrons. The Morgan fingerprint density at radius 2 is 1.88 bits per heavy atom. The van der Waals surface area contributed by atoms with Crippen LogP contribution >= 0.6 is 11.6 Å². The number of halogens is 1. The molecule has 2 aliphatic rings. The van der Waals surface area contributed by atoms with Crippen molar-refractivity contribution in [2.75, 3.05) is 19.7 Å². The summed E-state index contributed by atoms with van der Waals surface area (Å²) in [5.74, 6) is -0.0457. The van der Waals surface area contributed by atoms with Crippen molar-refractivity contribution in [3.63, 3.8) is 0 Å². The van der Waals surface area contributed by atoms with Gasteiger partial charge in [0.15, 0.2) is 12.2 Å². The first kappa shape index (κ1) is 16.6. The second-order valence-corrected chi connectivity index (χ2v) is 6.69. The summed E-state index contributed by atoms with van der Waals surface area (Å²) in [6.45, 7) is 3.69. The molecular formula is C16H17ClN2O5. The summed E-state index contributed by atoms with van der Waals surface area (Å²) < 4.78 is 10.4. The van der Waals surface area contributed by atoms with E-state index >= 15 is 0 Å². The largest absolute Gasteiger partial charge is 0.478 e. The lowest BCUT2D eigenvalue weighted by atomic mass is 10.0. The van der Waals surface area contributed by atoms with Crippen LogP contribution in [0.1, 0.15) is 13.8 Å². The zero-order chi connectivity index (χ0) is 17.5. The standard InChI is InChI=1S/C16H17ClN2O5/c1-16(2,24-12-5-3-10(17)4-6-12)14(21)18-7-11(8-18)19-13(20)9-23-15(19)22/h3-6,11H,7-9H2,1-2H3. The first-order chi connectivity index (χ1) is 11.3. The highest BCUT2D eigenvalue weighted by molar-refractivity contribution is 6.30. The minimum absolute atomic E-state index is 0.214. The topological polar surface area (TPSA) is 76.2 Å². The van der Waals surface area contributed by atoms with E-state index in [0.29, 0.717) is 10.8 Å². The molecular weight excluding hydrogens is 336 g/mol. The highest BCUT2D eigenvalue weighted by atomic mass is 35.5. The van der Waals surface area contributed by atoms with Gasteiger partial charge in [-0.1, -0.05) is 11.6 Å².